The van der Waals surface area contributed by atoms with Gasteiger partial charge in [0, 0.05) is 20.6 Å². The molecule has 1 aliphatic rings. The van der Waals surface area contributed by atoms with Crippen LogP contribution in [0.15, 0.2) is 0 Å². The minimum absolute atomic E-state index is 0.375. The van der Waals surface area contributed by atoms with Crippen LogP contribution in [0.1, 0.15) is 32.6 Å². The Balaban J connectivity index is 2.08. The molecule has 0 bridgehead atoms. The van der Waals surface area contributed by atoms with Crippen molar-refractivity contribution >= 4 is 17.8 Å². The van der Waals surface area contributed by atoms with Crippen LogP contribution < -0.4 is 21.5 Å². The normalized spacial score (nSPS) is 16.6. The van der Waals surface area contributed by atoms with Crippen molar-refractivity contribution in [1.29, 1.82) is 0 Å². The zero-order valence-corrected chi connectivity index (χ0v) is 11.9. The van der Waals surface area contributed by atoms with E-state index in [-0.39, 0.29) is 0 Å². The van der Waals surface area contributed by atoms with E-state index in [1.807, 2.05) is 19.0 Å². The van der Waals surface area contributed by atoms with Gasteiger partial charge in [0.25, 0.3) is 0 Å². The summed E-state index contributed by atoms with van der Waals surface area (Å²) in [6.45, 7) is 3.15. The minimum atomic E-state index is 0.375. The molecular formula is C12H23N7. The smallest absolute Gasteiger partial charge is 0.243 e. The maximum absolute atomic E-state index is 5.38. The number of hydrogen-bond acceptors (Lipinski definition) is 7. The second-order valence-electron chi connectivity index (χ2n) is 5.38. The molecule has 0 aliphatic heterocycles. The molecule has 1 aliphatic carbocycles. The van der Waals surface area contributed by atoms with Crippen LogP contribution in [0.5, 0.6) is 0 Å². The zero-order chi connectivity index (χ0) is 13.9. The zero-order valence-electron chi connectivity index (χ0n) is 11.9. The molecule has 4 N–H and O–H groups in total. The molecule has 0 aromatic carbocycles. The molecule has 7 nitrogen and oxygen atoms in total. The van der Waals surface area contributed by atoms with Gasteiger partial charge < -0.3 is 10.2 Å². The maximum Gasteiger partial charge on any atom is 0.243 e. The van der Waals surface area contributed by atoms with Gasteiger partial charge in [-0.25, -0.2) is 5.84 Å². The van der Waals surface area contributed by atoms with Gasteiger partial charge in [-0.2, -0.15) is 15.0 Å². The van der Waals surface area contributed by atoms with Gasteiger partial charge in [-0.3, -0.25) is 5.43 Å². The lowest BCUT2D eigenvalue weighted by Gasteiger charge is -2.41. The number of hydrazine groups is 1. The van der Waals surface area contributed by atoms with Gasteiger partial charge in [0.1, 0.15) is 0 Å². The summed E-state index contributed by atoms with van der Waals surface area (Å²) in [5, 5.41) is 3.32. The van der Waals surface area contributed by atoms with Crippen LogP contribution in [0.2, 0.25) is 0 Å². The summed E-state index contributed by atoms with van der Waals surface area (Å²) in [4.78, 5) is 14.6. The molecule has 106 valence electrons. The molecule has 0 saturated heterocycles. The largest absolute Gasteiger partial charge is 0.353 e. The average molecular weight is 265 g/mol. The van der Waals surface area contributed by atoms with Crippen LogP contribution in [-0.2, 0) is 0 Å². The highest BCUT2D eigenvalue weighted by molar-refractivity contribution is 5.42. The summed E-state index contributed by atoms with van der Waals surface area (Å²) >= 11 is 0. The first-order valence-electron chi connectivity index (χ1n) is 6.72. The molecule has 1 aromatic heterocycles. The molecule has 0 spiro atoms. The Bertz CT molecular complexity index is 423. The summed E-state index contributed by atoms with van der Waals surface area (Å²) in [6, 6.07) is 0. The Morgan fingerprint density at radius 3 is 2.37 bits per heavy atom. The maximum atomic E-state index is 5.38. The van der Waals surface area contributed by atoms with Gasteiger partial charge >= 0.3 is 0 Å². The van der Waals surface area contributed by atoms with Gasteiger partial charge in [0.2, 0.25) is 17.8 Å². The van der Waals surface area contributed by atoms with Crippen LogP contribution in [0.4, 0.5) is 17.8 Å². The lowest BCUT2D eigenvalue weighted by molar-refractivity contribution is 0.144. The van der Waals surface area contributed by atoms with E-state index in [2.05, 4.69) is 32.6 Å². The Labute approximate surface area is 114 Å². The van der Waals surface area contributed by atoms with E-state index in [9.17, 15) is 0 Å². The quantitative estimate of drug-likeness (QED) is 0.526. The van der Waals surface area contributed by atoms with E-state index < -0.39 is 0 Å². The lowest BCUT2D eigenvalue weighted by Crippen LogP contribution is -2.36. The Hall–Kier alpha value is -1.63. The van der Waals surface area contributed by atoms with Crippen molar-refractivity contribution in [2.75, 3.05) is 36.3 Å². The third-order valence-electron chi connectivity index (χ3n) is 3.94. The number of nitrogens with one attached hydrogen (secondary N) is 2. The number of aromatic nitrogens is 3. The molecule has 2 rings (SSSR count). The third kappa shape index (κ3) is 3.04. The van der Waals surface area contributed by atoms with Crippen molar-refractivity contribution < 1.29 is 0 Å². The van der Waals surface area contributed by atoms with E-state index >= 15 is 0 Å². The van der Waals surface area contributed by atoms with E-state index in [1.54, 1.807) is 0 Å². The molecule has 0 atom stereocenters. The molecule has 0 amide bonds. The van der Waals surface area contributed by atoms with E-state index in [1.165, 1.54) is 25.7 Å². The molecule has 1 saturated carbocycles. The van der Waals surface area contributed by atoms with Crippen LogP contribution >= 0.6 is 0 Å². The fraction of sp³-hybridized carbons (Fsp3) is 0.750. The van der Waals surface area contributed by atoms with Gasteiger partial charge in [0.05, 0.1) is 0 Å². The second kappa shape index (κ2) is 5.56. The van der Waals surface area contributed by atoms with Crippen LogP contribution in [0.3, 0.4) is 0 Å². The second-order valence-corrected chi connectivity index (χ2v) is 5.38. The summed E-state index contributed by atoms with van der Waals surface area (Å²) in [6.07, 6.45) is 5.08. The number of hydrogen-bond donors (Lipinski definition) is 3. The SMILES string of the molecule is CCC1(CNc2nc(NN)nc(N(C)C)n2)CCC1. The first-order chi connectivity index (χ1) is 9.08. The first-order valence-corrected chi connectivity index (χ1v) is 6.72. The highest BCUT2D eigenvalue weighted by atomic mass is 15.4. The lowest BCUT2D eigenvalue weighted by atomic mass is 9.67. The minimum Gasteiger partial charge on any atom is -0.353 e. The van der Waals surface area contributed by atoms with Crippen molar-refractivity contribution in [3.63, 3.8) is 0 Å². The van der Waals surface area contributed by atoms with Gasteiger partial charge in [-0.05, 0) is 24.7 Å². The van der Waals surface area contributed by atoms with Gasteiger partial charge in [-0.15, -0.1) is 0 Å². The van der Waals surface area contributed by atoms with Crippen molar-refractivity contribution in [3.05, 3.63) is 0 Å². The third-order valence-corrected chi connectivity index (χ3v) is 3.94. The van der Waals surface area contributed by atoms with Crippen LogP contribution in [-0.4, -0.2) is 35.6 Å². The van der Waals surface area contributed by atoms with Crippen molar-refractivity contribution in [1.82, 2.24) is 15.0 Å². The molecule has 1 heterocycles. The molecule has 0 unspecified atom stereocenters. The van der Waals surface area contributed by atoms with Gasteiger partial charge in [0.15, 0.2) is 0 Å². The first kappa shape index (κ1) is 13.8. The van der Waals surface area contributed by atoms with Crippen molar-refractivity contribution in [2.45, 2.75) is 32.6 Å². The van der Waals surface area contributed by atoms with Crippen molar-refractivity contribution in [2.24, 2.45) is 11.3 Å². The standard InChI is InChI=1S/C12H23N7/c1-4-12(6-5-7-12)8-14-9-15-10(18-13)17-11(16-9)19(2)3/h4-8,13H2,1-3H3,(H2,14,15,16,17,18). The Morgan fingerprint density at radius 2 is 1.89 bits per heavy atom. The molecule has 1 fully saturated rings. The summed E-state index contributed by atoms with van der Waals surface area (Å²) in [5.41, 5.74) is 2.89. The van der Waals surface area contributed by atoms with E-state index in [0.717, 1.165) is 6.54 Å². The predicted molar refractivity (Wildman–Crippen MR) is 77.0 cm³/mol. The number of nitrogens with two attached hydrogens (primary N) is 1. The average Bonchev–Trinajstić information content (AvgIpc) is 2.37. The number of nitrogens with zero attached hydrogens (tertiary/aromatic N) is 4. The number of anilines is 3. The summed E-state index contributed by atoms with van der Waals surface area (Å²) < 4.78 is 0. The van der Waals surface area contributed by atoms with Gasteiger partial charge in [-0.1, -0.05) is 13.3 Å². The molecule has 1 aromatic rings. The monoisotopic (exact) mass is 265 g/mol. The number of rotatable bonds is 6. The topological polar surface area (TPSA) is 92.0 Å². The fourth-order valence-corrected chi connectivity index (χ4v) is 2.31. The Kier molecular flexibility index (Phi) is 4.04. The molecular weight excluding hydrogens is 242 g/mol. The highest BCUT2D eigenvalue weighted by Gasteiger charge is 2.34. The molecule has 0 radical (unpaired) electrons. The highest BCUT2D eigenvalue weighted by Crippen LogP contribution is 2.43. The molecule has 19 heavy (non-hydrogen) atoms. The fourth-order valence-electron chi connectivity index (χ4n) is 2.31. The van der Waals surface area contributed by atoms with Crippen LogP contribution in [0, 0.1) is 5.41 Å². The van der Waals surface area contributed by atoms with E-state index in [4.69, 9.17) is 5.84 Å². The summed E-state index contributed by atoms with van der Waals surface area (Å²) in [5.74, 6) is 6.92. The number of nitrogen functional groups attached to an aromatic ring is 1. The molecule has 7 heteroatoms. The van der Waals surface area contributed by atoms with E-state index in [0.29, 0.717) is 23.3 Å². The predicted octanol–water partition coefficient (Wildman–Crippen LogP) is 1.22. The Morgan fingerprint density at radius 1 is 1.21 bits per heavy atom. The van der Waals surface area contributed by atoms with Crippen LogP contribution in [0.25, 0.3) is 0 Å². The summed E-state index contributed by atoms with van der Waals surface area (Å²) in [7, 11) is 3.78. The van der Waals surface area contributed by atoms with Crippen molar-refractivity contribution in [3.8, 4) is 0 Å².